The summed E-state index contributed by atoms with van der Waals surface area (Å²) >= 11 is 0. The maximum Gasteiger partial charge on any atom is 0.168 e. The van der Waals surface area contributed by atoms with Gasteiger partial charge >= 0.3 is 0 Å². The molecule has 2 aliphatic rings. The van der Waals surface area contributed by atoms with E-state index in [4.69, 9.17) is 18.9 Å². The zero-order valence-corrected chi connectivity index (χ0v) is 11.9. The van der Waals surface area contributed by atoms with Gasteiger partial charge in [0, 0.05) is 12.3 Å². The third kappa shape index (κ3) is 4.54. The van der Waals surface area contributed by atoms with Gasteiger partial charge in [-0.1, -0.05) is 12.2 Å². The van der Waals surface area contributed by atoms with E-state index in [1.54, 1.807) is 6.08 Å². The fourth-order valence-corrected chi connectivity index (χ4v) is 2.22. The Bertz CT molecular complexity index is 310. The van der Waals surface area contributed by atoms with Crippen LogP contribution < -0.4 is 0 Å². The van der Waals surface area contributed by atoms with Crippen LogP contribution in [0.2, 0.25) is 0 Å². The molecule has 1 N–H and O–H groups in total. The number of aliphatic hydroxyl groups excluding tert-OH is 1. The van der Waals surface area contributed by atoms with Crippen LogP contribution in [0.4, 0.5) is 0 Å². The summed E-state index contributed by atoms with van der Waals surface area (Å²) in [6, 6.07) is 0. The summed E-state index contributed by atoms with van der Waals surface area (Å²) in [5.41, 5.74) is 0. The van der Waals surface area contributed by atoms with Gasteiger partial charge < -0.3 is 24.1 Å². The van der Waals surface area contributed by atoms with Crippen LogP contribution in [0, 0.1) is 5.92 Å². The Balaban J connectivity index is 1.76. The second-order valence-corrected chi connectivity index (χ2v) is 5.77. The molecular formula is C14H24O5. The van der Waals surface area contributed by atoms with E-state index in [2.05, 4.69) is 0 Å². The predicted molar refractivity (Wildman–Crippen MR) is 69.5 cm³/mol. The van der Waals surface area contributed by atoms with Crippen LogP contribution in [0.3, 0.4) is 0 Å². The van der Waals surface area contributed by atoms with E-state index in [9.17, 15) is 5.11 Å². The van der Waals surface area contributed by atoms with Crippen molar-refractivity contribution in [2.75, 3.05) is 26.4 Å². The lowest BCUT2D eigenvalue weighted by Crippen LogP contribution is -2.38. The van der Waals surface area contributed by atoms with E-state index in [-0.39, 0.29) is 5.92 Å². The van der Waals surface area contributed by atoms with Gasteiger partial charge in [0.05, 0.1) is 32.5 Å². The molecule has 0 aromatic rings. The molecule has 1 atom stereocenters. The molecule has 1 unspecified atom stereocenters. The first-order chi connectivity index (χ1) is 8.89. The lowest BCUT2D eigenvalue weighted by molar-refractivity contribution is -0.256. The quantitative estimate of drug-likeness (QED) is 0.785. The average Bonchev–Trinajstić information content (AvgIpc) is 2.74. The number of hydrogen-bond acceptors (Lipinski definition) is 5. The topological polar surface area (TPSA) is 57.2 Å². The highest BCUT2D eigenvalue weighted by Gasteiger charge is 2.33. The molecule has 0 aromatic carbocycles. The molecule has 5 heteroatoms. The minimum atomic E-state index is -0.661. The van der Waals surface area contributed by atoms with Crippen LogP contribution in [0.25, 0.3) is 0 Å². The Morgan fingerprint density at radius 3 is 2.26 bits per heavy atom. The van der Waals surface area contributed by atoms with Crippen molar-refractivity contribution in [1.29, 1.82) is 0 Å². The number of rotatable bonds is 4. The van der Waals surface area contributed by atoms with E-state index in [1.165, 1.54) is 0 Å². The van der Waals surface area contributed by atoms with E-state index < -0.39 is 17.7 Å². The van der Waals surface area contributed by atoms with Crippen molar-refractivity contribution >= 4 is 0 Å². The van der Waals surface area contributed by atoms with Gasteiger partial charge in [-0.15, -0.1) is 0 Å². The molecule has 110 valence electrons. The second-order valence-electron chi connectivity index (χ2n) is 5.77. The van der Waals surface area contributed by atoms with Crippen molar-refractivity contribution in [2.45, 2.75) is 44.9 Å². The maximum absolute atomic E-state index is 9.98. The number of aliphatic hydroxyl groups is 1. The third-order valence-electron chi connectivity index (χ3n) is 3.37. The normalized spacial score (nSPS) is 28.8. The zero-order valence-electron chi connectivity index (χ0n) is 11.9. The smallest absolute Gasteiger partial charge is 0.168 e. The predicted octanol–water partition coefficient (Wildman–Crippen LogP) is 1.46. The standard InChI is InChI=1S/C14H24O5/c1-13(2)18-9-11(10-19-13)4-5-12(15)8-14(3)16-6-7-17-14/h4-5,11-12,15H,6-10H2,1-3H3/b5-4-. The van der Waals surface area contributed by atoms with Crippen LogP contribution in [0.5, 0.6) is 0 Å². The van der Waals surface area contributed by atoms with Gasteiger partial charge in [-0.2, -0.15) is 0 Å². The Labute approximate surface area is 114 Å². The Hall–Kier alpha value is -0.460. The third-order valence-corrected chi connectivity index (χ3v) is 3.37. The summed E-state index contributed by atoms with van der Waals surface area (Å²) in [4.78, 5) is 0. The Kier molecular flexibility index (Phi) is 4.63. The molecule has 19 heavy (non-hydrogen) atoms. The van der Waals surface area contributed by atoms with Crippen LogP contribution in [-0.4, -0.2) is 49.2 Å². The molecule has 2 rings (SSSR count). The Morgan fingerprint density at radius 2 is 1.68 bits per heavy atom. The van der Waals surface area contributed by atoms with Gasteiger partial charge in [0.1, 0.15) is 0 Å². The van der Waals surface area contributed by atoms with Gasteiger partial charge in [0.2, 0.25) is 0 Å². The first-order valence-electron chi connectivity index (χ1n) is 6.81. The zero-order chi connectivity index (χ0) is 13.9. The summed E-state index contributed by atoms with van der Waals surface area (Å²) in [6.07, 6.45) is 3.56. The molecule has 2 saturated heterocycles. The van der Waals surface area contributed by atoms with E-state index in [1.807, 2.05) is 26.8 Å². The van der Waals surface area contributed by atoms with Gasteiger partial charge in [-0.25, -0.2) is 0 Å². The monoisotopic (exact) mass is 272 g/mol. The lowest BCUT2D eigenvalue weighted by Gasteiger charge is -2.34. The van der Waals surface area contributed by atoms with Crippen molar-refractivity contribution in [3.05, 3.63) is 12.2 Å². The largest absolute Gasteiger partial charge is 0.389 e. The van der Waals surface area contributed by atoms with Gasteiger partial charge in [-0.3, -0.25) is 0 Å². The molecule has 2 aliphatic heterocycles. The molecule has 0 aliphatic carbocycles. The van der Waals surface area contributed by atoms with Crippen LogP contribution in [0.1, 0.15) is 27.2 Å². The number of hydrogen-bond donors (Lipinski definition) is 1. The molecule has 0 spiro atoms. The minimum Gasteiger partial charge on any atom is -0.389 e. The van der Waals surface area contributed by atoms with Crippen LogP contribution in [-0.2, 0) is 18.9 Å². The van der Waals surface area contributed by atoms with Gasteiger partial charge in [0.15, 0.2) is 11.6 Å². The molecule has 2 heterocycles. The van der Waals surface area contributed by atoms with Gasteiger partial charge in [0.25, 0.3) is 0 Å². The van der Waals surface area contributed by atoms with Gasteiger partial charge in [-0.05, 0) is 20.8 Å². The highest BCUT2D eigenvalue weighted by Crippen LogP contribution is 2.25. The molecule has 5 nitrogen and oxygen atoms in total. The van der Waals surface area contributed by atoms with E-state index >= 15 is 0 Å². The van der Waals surface area contributed by atoms with Crippen LogP contribution >= 0.6 is 0 Å². The summed E-state index contributed by atoms with van der Waals surface area (Å²) in [5.74, 6) is -0.978. The lowest BCUT2D eigenvalue weighted by atomic mass is 10.1. The molecule has 2 fully saturated rings. The van der Waals surface area contributed by atoms with Crippen molar-refractivity contribution < 1.29 is 24.1 Å². The summed E-state index contributed by atoms with van der Waals surface area (Å²) in [5, 5.41) is 9.98. The fourth-order valence-electron chi connectivity index (χ4n) is 2.22. The first kappa shape index (κ1) is 14.9. The van der Waals surface area contributed by atoms with E-state index in [0.29, 0.717) is 32.8 Å². The minimum absolute atomic E-state index is 0.181. The Morgan fingerprint density at radius 1 is 1.11 bits per heavy atom. The average molecular weight is 272 g/mol. The summed E-state index contributed by atoms with van der Waals surface area (Å²) in [7, 11) is 0. The van der Waals surface area contributed by atoms with Crippen molar-refractivity contribution in [3.8, 4) is 0 Å². The SMILES string of the molecule is CC1(C)OCC(/C=C\C(O)CC2(C)OCCO2)CO1. The van der Waals surface area contributed by atoms with Crippen molar-refractivity contribution in [1.82, 2.24) is 0 Å². The maximum atomic E-state index is 9.98. The van der Waals surface area contributed by atoms with Crippen LogP contribution in [0.15, 0.2) is 12.2 Å². The molecule has 0 aromatic heterocycles. The molecule has 0 amide bonds. The molecule has 0 saturated carbocycles. The molecular weight excluding hydrogens is 248 g/mol. The first-order valence-corrected chi connectivity index (χ1v) is 6.81. The molecule has 0 radical (unpaired) electrons. The van der Waals surface area contributed by atoms with Crippen molar-refractivity contribution in [3.63, 3.8) is 0 Å². The number of ether oxygens (including phenoxy) is 4. The summed E-state index contributed by atoms with van der Waals surface area (Å²) < 4.78 is 22.0. The van der Waals surface area contributed by atoms with E-state index in [0.717, 1.165) is 0 Å². The second kappa shape index (κ2) is 5.89. The highest BCUT2D eigenvalue weighted by molar-refractivity contribution is 4.96. The fraction of sp³-hybridized carbons (Fsp3) is 0.857. The molecule has 0 bridgehead atoms. The highest BCUT2D eigenvalue weighted by atomic mass is 16.7. The van der Waals surface area contributed by atoms with Crippen molar-refractivity contribution in [2.24, 2.45) is 5.92 Å². The summed E-state index contributed by atoms with van der Waals surface area (Å²) in [6.45, 7) is 8.06.